The number of halogens is 3. The van der Waals surface area contributed by atoms with Crippen LogP contribution in [0.5, 0.6) is 5.75 Å². The third kappa shape index (κ3) is 3.24. The third-order valence-corrected chi connectivity index (χ3v) is 2.88. The van der Waals surface area contributed by atoms with E-state index < -0.39 is 17.5 Å². The Morgan fingerprint density at radius 2 is 1.90 bits per heavy atom. The van der Waals surface area contributed by atoms with Gasteiger partial charge in [-0.1, -0.05) is 17.7 Å². The van der Waals surface area contributed by atoms with Crippen molar-refractivity contribution >= 4 is 17.5 Å². The summed E-state index contributed by atoms with van der Waals surface area (Å²) in [5.74, 6) is -2.71. The first-order valence-corrected chi connectivity index (χ1v) is 6.06. The topological polar surface area (TPSA) is 49.3 Å². The van der Waals surface area contributed by atoms with Gasteiger partial charge in [-0.2, -0.15) is 0 Å². The van der Waals surface area contributed by atoms with Crippen molar-refractivity contribution in [3.63, 3.8) is 0 Å². The van der Waals surface area contributed by atoms with Crippen LogP contribution in [0, 0.1) is 11.6 Å². The predicted octanol–water partition coefficient (Wildman–Crippen LogP) is 3.25. The minimum absolute atomic E-state index is 0.00197. The molecule has 2 aromatic carbocycles. The van der Waals surface area contributed by atoms with Crippen LogP contribution in [0.25, 0.3) is 0 Å². The molecule has 0 saturated heterocycles. The minimum atomic E-state index is -0.984. The fourth-order valence-electron chi connectivity index (χ4n) is 1.62. The molecule has 20 heavy (non-hydrogen) atoms. The number of nitrogens with one attached hydrogen (secondary N) is 1. The number of hydrogen-bond acceptors (Lipinski definition) is 2. The average Bonchev–Trinajstić information content (AvgIpc) is 2.42. The first-order chi connectivity index (χ1) is 9.47. The van der Waals surface area contributed by atoms with Crippen LogP contribution in [0.1, 0.15) is 15.9 Å². The Bertz CT molecular complexity index is 662. The summed E-state index contributed by atoms with van der Waals surface area (Å²) in [5, 5.41) is 12.3. The van der Waals surface area contributed by atoms with Crippen LogP contribution in [0.2, 0.25) is 5.02 Å². The molecule has 0 fully saturated rings. The Labute approximate surface area is 118 Å². The number of phenols is 1. The molecule has 0 spiro atoms. The fourth-order valence-corrected chi connectivity index (χ4v) is 1.79. The van der Waals surface area contributed by atoms with Crippen molar-refractivity contribution in [1.29, 1.82) is 0 Å². The Balaban J connectivity index is 2.08. The lowest BCUT2D eigenvalue weighted by molar-refractivity contribution is 0.0948. The molecule has 2 aromatic rings. The van der Waals surface area contributed by atoms with Crippen molar-refractivity contribution in [2.45, 2.75) is 6.54 Å². The summed E-state index contributed by atoms with van der Waals surface area (Å²) in [6.45, 7) is 0.00197. The molecule has 6 heteroatoms. The predicted molar refractivity (Wildman–Crippen MR) is 70.6 cm³/mol. The largest absolute Gasteiger partial charge is 0.507 e. The first kappa shape index (κ1) is 14.3. The van der Waals surface area contributed by atoms with Crippen LogP contribution in [0.3, 0.4) is 0 Å². The van der Waals surface area contributed by atoms with Gasteiger partial charge in [0.2, 0.25) is 0 Å². The van der Waals surface area contributed by atoms with Crippen molar-refractivity contribution in [2.24, 2.45) is 0 Å². The molecule has 0 aromatic heterocycles. The van der Waals surface area contributed by atoms with E-state index in [1.807, 2.05) is 0 Å². The van der Waals surface area contributed by atoms with E-state index in [2.05, 4.69) is 5.32 Å². The molecule has 0 unspecified atom stereocenters. The SMILES string of the molecule is O=C(NCc1ccc(F)c(F)c1)c1cc(Cl)ccc1O. The maximum absolute atomic E-state index is 13.0. The lowest BCUT2D eigenvalue weighted by Gasteiger charge is -2.07. The zero-order chi connectivity index (χ0) is 14.7. The summed E-state index contributed by atoms with van der Waals surface area (Å²) in [7, 11) is 0. The van der Waals surface area contributed by atoms with E-state index in [9.17, 15) is 18.7 Å². The molecule has 0 saturated carbocycles. The molecular formula is C14H10ClF2NO2. The highest BCUT2D eigenvalue weighted by atomic mass is 35.5. The molecule has 0 atom stereocenters. The summed E-state index contributed by atoms with van der Waals surface area (Å²) >= 11 is 5.73. The van der Waals surface area contributed by atoms with Gasteiger partial charge in [0.25, 0.3) is 5.91 Å². The number of aromatic hydroxyl groups is 1. The second-order valence-electron chi connectivity index (χ2n) is 4.09. The maximum atomic E-state index is 13.0. The standard InChI is InChI=1S/C14H10ClF2NO2/c15-9-2-4-13(19)10(6-9)14(20)18-7-8-1-3-11(16)12(17)5-8/h1-6,19H,7H2,(H,18,20). The van der Waals surface area contributed by atoms with Crippen molar-refractivity contribution < 1.29 is 18.7 Å². The molecule has 0 aliphatic heterocycles. The van der Waals surface area contributed by atoms with Crippen LogP contribution >= 0.6 is 11.6 Å². The average molecular weight is 298 g/mol. The maximum Gasteiger partial charge on any atom is 0.255 e. The highest BCUT2D eigenvalue weighted by molar-refractivity contribution is 6.31. The van der Waals surface area contributed by atoms with E-state index in [-0.39, 0.29) is 17.9 Å². The van der Waals surface area contributed by atoms with Crippen LogP contribution in [0.15, 0.2) is 36.4 Å². The van der Waals surface area contributed by atoms with E-state index in [0.717, 1.165) is 12.1 Å². The second kappa shape index (κ2) is 5.88. The van der Waals surface area contributed by atoms with Crippen molar-refractivity contribution in [1.82, 2.24) is 5.32 Å². The quantitative estimate of drug-likeness (QED) is 0.913. The fraction of sp³-hybridized carbons (Fsp3) is 0.0714. The van der Waals surface area contributed by atoms with Crippen molar-refractivity contribution in [2.75, 3.05) is 0 Å². The molecule has 2 rings (SSSR count). The van der Waals surface area contributed by atoms with E-state index in [1.165, 1.54) is 24.3 Å². The van der Waals surface area contributed by atoms with E-state index in [1.54, 1.807) is 0 Å². The number of carbonyl (C=O) groups is 1. The van der Waals surface area contributed by atoms with E-state index in [4.69, 9.17) is 11.6 Å². The number of phenolic OH excluding ortho intramolecular Hbond substituents is 1. The molecule has 104 valence electrons. The van der Waals surface area contributed by atoms with E-state index >= 15 is 0 Å². The molecule has 0 heterocycles. The lowest BCUT2D eigenvalue weighted by atomic mass is 10.1. The molecule has 1 amide bonds. The molecule has 0 aliphatic carbocycles. The van der Waals surface area contributed by atoms with Gasteiger partial charge in [0.05, 0.1) is 5.56 Å². The Hall–Kier alpha value is -2.14. The zero-order valence-electron chi connectivity index (χ0n) is 10.2. The van der Waals surface area contributed by atoms with Gasteiger partial charge in [0.15, 0.2) is 11.6 Å². The Morgan fingerprint density at radius 1 is 1.15 bits per heavy atom. The van der Waals surface area contributed by atoms with Crippen LogP contribution in [-0.2, 0) is 6.54 Å². The van der Waals surface area contributed by atoms with Gasteiger partial charge in [-0.25, -0.2) is 8.78 Å². The number of benzene rings is 2. The van der Waals surface area contributed by atoms with E-state index in [0.29, 0.717) is 10.6 Å². The van der Waals surface area contributed by atoms with Gasteiger partial charge in [-0.15, -0.1) is 0 Å². The molecule has 0 bridgehead atoms. The van der Waals surface area contributed by atoms with Gasteiger partial charge in [0, 0.05) is 11.6 Å². The highest BCUT2D eigenvalue weighted by Crippen LogP contribution is 2.21. The first-order valence-electron chi connectivity index (χ1n) is 5.68. The van der Waals surface area contributed by atoms with Crippen LogP contribution in [0.4, 0.5) is 8.78 Å². The van der Waals surface area contributed by atoms with Gasteiger partial charge in [-0.05, 0) is 35.9 Å². The van der Waals surface area contributed by atoms with Crippen molar-refractivity contribution in [3.05, 3.63) is 64.2 Å². The minimum Gasteiger partial charge on any atom is -0.507 e. The molecule has 3 nitrogen and oxygen atoms in total. The third-order valence-electron chi connectivity index (χ3n) is 2.64. The molecular weight excluding hydrogens is 288 g/mol. The molecule has 0 aliphatic rings. The second-order valence-corrected chi connectivity index (χ2v) is 4.53. The summed E-state index contributed by atoms with van der Waals surface area (Å²) in [6, 6.07) is 7.40. The normalized spacial score (nSPS) is 10.3. The monoisotopic (exact) mass is 297 g/mol. The number of amides is 1. The van der Waals surface area contributed by atoms with Gasteiger partial charge >= 0.3 is 0 Å². The summed E-state index contributed by atoms with van der Waals surface area (Å²) in [6.07, 6.45) is 0. The van der Waals surface area contributed by atoms with Crippen LogP contribution < -0.4 is 5.32 Å². The molecule has 2 N–H and O–H groups in total. The van der Waals surface area contributed by atoms with Gasteiger partial charge < -0.3 is 10.4 Å². The Morgan fingerprint density at radius 3 is 2.60 bits per heavy atom. The Kier molecular flexibility index (Phi) is 4.20. The molecule has 0 radical (unpaired) electrons. The summed E-state index contributed by atoms with van der Waals surface area (Å²) in [5.41, 5.74) is 0.416. The van der Waals surface area contributed by atoms with Crippen molar-refractivity contribution in [3.8, 4) is 5.75 Å². The number of carbonyl (C=O) groups excluding carboxylic acids is 1. The summed E-state index contributed by atoms with van der Waals surface area (Å²) < 4.78 is 25.7. The van der Waals surface area contributed by atoms with Gasteiger partial charge in [-0.3, -0.25) is 4.79 Å². The zero-order valence-corrected chi connectivity index (χ0v) is 10.9. The van der Waals surface area contributed by atoms with Gasteiger partial charge in [0.1, 0.15) is 5.75 Å². The lowest BCUT2D eigenvalue weighted by Crippen LogP contribution is -2.23. The number of hydrogen-bond donors (Lipinski definition) is 2. The summed E-state index contributed by atoms with van der Waals surface area (Å²) in [4.78, 5) is 11.8. The number of rotatable bonds is 3. The smallest absolute Gasteiger partial charge is 0.255 e. The highest BCUT2D eigenvalue weighted by Gasteiger charge is 2.11. The van der Waals surface area contributed by atoms with Crippen LogP contribution in [-0.4, -0.2) is 11.0 Å².